The van der Waals surface area contributed by atoms with Crippen molar-refractivity contribution in [1.82, 2.24) is 19.9 Å². The number of amides is 2. The van der Waals surface area contributed by atoms with Crippen molar-refractivity contribution in [3.63, 3.8) is 0 Å². The summed E-state index contributed by atoms with van der Waals surface area (Å²) in [5.74, 6) is -0.0330. The zero-order chi connectivity index (χ0) is 20.6. The number of rotatable bonds is 3. The molecule has 2 aromatic heterocycles. The molecule has 152 valence electrons. The summed E-state index contributed by atoms with van der Waals surface area (Å²) in [6.07, 6.45) is 2.30. The number of aliphatic hydroxyl groups excluding tert-OH is 1. The van der Waals surface area contributed by atoms with Crippen LogP contribution >= 0.6 is 11.6 Å². The summed E-state index contributed by atoms with van der Waals surface area (Å²) in [5.41, 5.74) is -0.195. The van der Waals surface area contributed by atoms with E-state index in [1.54, 1.807) is 20.8 Å². The maximum Gasteiger partial charge on any atom is 0.415 e. The van der Waals surface area contributed by atoms with Crippen LogP contribution in [0.25, 0.3) is 5.65 Å². The Bertz CT molecular complexity index is 907. The molecule has 2 atom stereocenters. The van der Waals surface area contributed by atoms with E-state index in [9.17, 15) is 14.7 Å². The monoisotopic (exact) mass is 409 g/mol. The van der Waals surface area contributed by atoms with Gasteiger partial charge in [0.2, 0.25) is 0 Å². The minimum Gasteiger partial charge on any atom is -0.443 e. The van der Waals surface area contributed by atoms with Gasteiger partial charge in [-0.25, -0.2) is 9.78 Å². The van der Waals surface area contributed by atoms with Crippen LogP contribution in [-0.2, 0) is 4.74 Å². The molecule has 28 heavy (non-hydrogen) atoms. The van der Waals surface area contributed by atoms with Crippen LogP contribution in [0.3, 0.4) is 0 Å². The van der Waals surface area contributed by atoms with Gasteiger partial charge in [0, 0.05) is 19.2 Å². The molecule has 2 aromatic rings. The Morgan fingerprint density at radius 1 is 1.39 bits per heavy atom. The van der Waals surface area contributed by atoms with E-state index in [0.29, 0.717) is 25.1 Å². The van der Waals surface area contributed by atoms with Crippen LogP contribution in [-0.4, -0.2) is 56.5 Å². The molecular formula is C18H24ClN5O4. The molecule has 2 amide bonds. The SMILES string of the molecule is CN(C(=O)OC(C)(C)C)c1cc(Cl)nc2c(C(=O)N[C@@H]3CC[C@@H](O)C3)cnn12. The molecule has 1 fully saturated rings. The second-order valence-corrected chi connectivity index (χ2v) is 8.29. The first-order valence-electron chi connectivity index (χ1n) is 9.05. The maximum atomic E-state index is 12.7. The Kier molecular flexibility index (Phi) is 5.49. The molecular weight excluding hydrogens is 386 g/mol. The van der Waals surface area contributed by atoms with E-state index in [4.69, 9.17) is 16.3 Å². The molecule has 1 aliphatic carbocycles. The smallest absolute Gasteiger partial charge is 0.415 e. The normalized spacial score (nSPS) is 19.6. The van der Waals surface area contributed by atoms with Gasteiger partial charge < -0.3 is 15.2 Å². The van der Waals surface area contributed by atoms with E-state index >= 15 is 0 Å². The predicted octanol–water partition coefficient (Wildman–Crippen LogP) is 2.40. The Labute approximate surface area is 167 Å². The largest absolute Gasteiger partial charge is 0.443 e. The van der Waals surface area contributed by atoms with Gasteiger partial charge >= 0.3 is 6.09 Å². The van der Waals surface area contributed by atoms with Gasteiger partial charge in [-0.1, -0.05) is 11.6 Å². The first-order valence-corrected chi connectivity index (χ1v) is 9.43. The Morgan fingerprint density at radius 2 is 2.11 bits per heavy atom. The quantitative estimate of drug-likeness (QED) is 0.753. The van der Waals surface area contributed by atoms with E-state index in [2.05, 4.69) is 15.4 Å². The number of nitrogens with zero attached hydrogens (tertiary/aromatic N) is 4. The predicted molar refractivity (Wildman–Crippen MR) is 104 cm³/mol. The highest BCUT2D eigenvalue weighted by atomic mass is 35.5. The third kappa shape index (κ3) is 4.36. The third-order valence-corrected chi connectivity index (χ3v) is 4.61. The molecule has 1 aliphatic rings. The number of ether oxygens (including phenoxy) is 1. The highest BCUT2D eigenvalue weighted by Crippen LogP contribution is 2.24. The van der Waals surface area contributed by atoms with Crippen molar-refractivity contribution >= 4 is 35.1 Å². The fourth-order valence-corrected chi connectivity index (χ4v) is 3.27. The van der Waals surface area contributed by atoms with Gasteiger partial charge in [-0.2, -0.15) is 9.61 Å². The number of aromatic nitrogens is 3. The van der Waals surface area contributed by atoms with Crippen LogP contribution in [0.5, 0.6) is 0 Å². The van der Waals surface area contributed by atoms with Crippen molar-refractivity contribution in [2.45, 2.75) is 57.8 Å². The highest BCUT2D eigenvalue weighted by Gasteiger charge is 2.27. The first-order chi connectivity index (χ1) is 13.0. The van der Waals surface area contributed by atoms with E-state index in [1.807, 2.05) is 0 Å². The molecule has 0 aromatic carbocycles. The van der Waals surface area contributed by atoms with Crippen LogP contribution < -0.4 is 10.2 Å². The van der Waals surface area contributed by atoms with E-state index in [1.165, 1.54) is 28.7 Å². The summed E-state index contributed by atoms with van der Waals surface area (Å²) >= 11 is 6.13. The van der Waals surface area contributed by atoms with Gasteiger partial charge in [-0.15, -0.1) is 0 Å². The minimum atomic E-state index is -0.664. The summed E-state index contributed by atoms with van der Waals surface area (Å²) < 4.78 is 6.74. The number of fused-ring (bicyclic) bond motifs is 1. The lowest BCUT2D eigenvalue weighted by atomic mass is 10.2. The molecule has 9 nitrogen and oxygen atoms in total. The number of carbonyl (C=O) groups is 2. The van der Waals surface area contributed by atoms with Gasteiger partial charge in [0.15, 0.2) is 5.65 Å². The van der Waals surface area contributed by atoms with Crippen LogP contribution in [0.1, 0.15) is 50.4 Å². The van der Waals surface area contributed by atoms with Crippen LogP contribution in [0.15, 0.2) is 12.3 Å². The average molecular weight is 410 g/mol. The molecule has 0 saturated heterocycles. The Balaban J connectivity index is 1.90. The van der Waals surface area contributed by atoms with Gasteiger partial charge in [-0.05, 0) is 40.0 Å². The van der Waals surface area contributed by atoms with Gasteiger partial charge in [0.1, 0.15) is 22.1 Å². The molecule has 0 unspecified atom stereocenters. The highest BCUT2D eigenvalue weighted by molar-refractivity contribution is 6.30. The summed E-state index contributed by atoms with van der Waals surface area (Å²) in [7, 11) is 1.53. The second kappa shape index (κ2) is 7.56. The molecule has 0 spiro atoms. The zero-order valence-corrected chi connectivity index (χ0v) is 17.0. The van der Waals surface area contributed by atoms with Crippen molar-refractivity contribution in [2.24, 2.45) is 0 Å². The van der Waals surface area contributed by atoms with Gasteiger partial charge in [0.05, 0.1) is 12.3 Å². The van der Waals surface area contributed by atoms with Gasteiger partial charge in [-0.3, -0.25) is 9.69 Å². The summed E-state index contributed by atoms with van der Waals surface area (Å²) in [5, 5.41) is 16.8. The molecule has 2 heterocycles. The number of anilines is 1. The third-order valence-electron chi connectivity index (χ3n) is 4.42. The Hall–Kier alpha value is -2.39. The van der Waals surface area contributed by atoms with E-state index in [0.717, 1.165) is 0 Å². The molecule has 3 rings (SSSR count). The lowest BCUT2D eigenvalue weighted by Crippen LogP contribution is -2.35. The standard InChI is InChI=1S/C18H24ClN5O4/c1-18(2,3)28-17(27)23(4)14-8-13(19)22-15-12(9-20-24(14)15)16(26)21-10-5-6-11(25)7-10/h8-11,25H,5-7H2,1-4H3,(H,21,26)/t10-,11-/m1/s1. The van der Waals surface area contributed by atoms with Crippen molar-refractivity contribution in [3.8, 4) is 0 Å². The number of nitrogens with one attached hydrogen (secondary N) is 1. The average Bonchev–Trinajstić information content (AvgIpc) is 3.17. The number of halogens is 1. The summed E-state index contributed by atoms with van der Waals surface area (Å²) in [6, 6.07) is 1.38. The maximum absolute atomic E-state index is 12.7. The molecule has 0 bridgehead atoms. The van der Waals surface area contributed by atoms with Crippen molar-refractivity contribution in [2.75, 3.05) is 11.9 Å². The van der Waals surface area contributed by atoms with Crippen LogP contribution in [0, 0.1) is 0 Å². The van der Waals surface area contributed by atoms with Crippen molar-refractivity contribution < 1.29 is 19.4 Å². The second-order valence-electron chi connectivity index (χ2n) is 7.91. The topological polar surface area (TPSA) is 109 Å². The van der Waals surface area contributed by atoms with Gasteiger partial charge in [0.25, 0.3) is 5.91 Å². The summed E-state index contributed by atoms with van der Waals surface area (Å²) in [6.45, 7) is 5.30. The number of carbonyl (C=O) groups excluding carboxylic acids is 2. The Morgan fingerprint density at radius 3 is 2.71 bits per heavy atom. The molecule has 10 heteroatoms. The van der Waals surface area contributed by atoms with E-state index < -0.39 is 17.8 Å². The molecule has 0 aliphatic heterocycles. The molecule has 1 saturated carbocycles. The first kappa shape index (κ1) is 20.3. The number of hydrogen-bond acceptors (Lipinski definition) is 6. The van der Waals surface area contributed by atoms with Crippen molar-refractivity contribution in [3.05, 3.63) is 23.0 Å². The van der Waals surface area contributed by atoms with Crippen molar-refractivity contribution in [1.29, 1.82) is 0 Å². The van der Waals surface area contributed by atoms with Crippen LogP contribution in [0.4, 0.5) is 10.6 Å². The van der Waals surface area contributed by atoms with E-state index in [-0.39, 0.29) is 28.3 Å². The number of hydrogen-bond donors (Lipinski definition) is 2. The fraction of sp³-hybridized carbons (Fsp3) is 0.556. The van der Waals surface area contributed by atoms with Crippen LogP contribution in [0.2, 0.25) is 5.15 Å². The minimum absolute atomic E-state index is 0.0967. The fourth-order valence-electron chi connectivity index (χ4n) is 3.09. The lowest BCUT2D eigenvalue weighted by Gasteiger charge is -2.24. The zero-order valence-electron chi connectivity index (χ0n) is 16.3. The number of aliphatic hydroxyl groups is 1. The lowest BCUT2D eigenvalue weighted by molar-refractivity contribution is 0.0587. The molecule has 0 radical (unpaired) electrons. The molecule has 2 N–H and O–H groups in total. The summed E-state index contributed by atoms with van der Waals surface area (Å²) in [4.78, 5) is 30.5.